The van der Waals surface area contributed by atoms with Crippen molar-refractivity contribution < 1.29 is 9.84 Å². The second-order valence-corrected chi connectivity index (χ2v) is 14.0. The average molecular weight is 347 g/mol. The first-order chi connectivity index (χ1) is 11.2. The molecule has 24 heavy (non-hydrogen) atoms. The standard InChI is InChI=1S/C21H34O2Si/c1-20(2,3)24(5,17-23-16-18-12-8-6-9-13-18)21(4,22)19-14-10-7-11-15-19/h6,8-9,12-14,22H,7,10-11,15-17H2,1-5H3/t21-,24+/m1/s1. The third kappa shape index (κ3) is 4.01. The number of hydrogen-bond donors (Lipinski definition) is 1. The van der Waals surface area contributed by atoms with Gasteiger partial charge in [0.2, 0.25) is 0 Å². The van der Waals surface area contributed by atoms with Gasteiger partial charge < -0.3 is 9.84 Å². The zero-order chi connectivity index (χ0) is 17.8. The topological polar surface area (TPSA) is 29.5 Å². The lowest BCUT2D eigenvalue weighted by Gasteiger charge is -2.51. The normalized spacial score (nSPS) is 20.8. The molecule has 0 bridgehead atoms. The van der Waals surface area contributed by atoms with Crippen LogP contribution in [-0.2, 0) is 11.3 Å². The monoisotopic (exact) mass is 346 g/mol. The van der Waals surface area contributed by atoms with Crippen molar-refractivity contribution in [2.75, 3.05) is 6.23 Å². The molecule has 2 atom stereocenters. The Bertz CT molecular complexity index is 557. The predicted molar refractivity (Wildman–Crippen MR) is 105 cm³/mol. The van der Waals surface area contributed by atoms with Gasteiger partial charge in [0, 0.05) is 6.23 Å². The molecule has 0 aliphatic heterocycles. The average Bonchev–Trinajstić information content (AvgIpc) is 2.55. The molecule has 1 aliphatic rings. The van der Waals surface area contributed by atoms with Crippen LogP contribution in [0.5, 0.6) is 0 Å². The Morgan fingerprint density at radius 3 is 2.29 bits per heavy atom. The van der Waals surface area contributed by atoms with Crippen molar-refractivity contribution in [1.82, 2.24) is 0 Å². The fraction of sp³-hybridized carbons (Fsp3) is 0.619. The number of rotatable bonds is 6. The molecule has 2 nitrogen and oxygen atoms in total. The third-order valence-electron chi connectivity index (χ3n) is 6.15. The molecule has 0 fully saturated rings. The van der Waals surface area contributed by atoms with E-state index in [0.717, 1.165) is 12.8 Å². The lowest BCUT2D eigenvalue weighted by molar-refractivity contribution is 0.121. The summed E-state index contributed by atoms with van der Waals surface area (Å²) >= 11 is 0. The number of allylic oxidation sites excluding steroid dienone is 1. The van der Waals surface area contributed by atoms with Gasteiger partial charge in [-0.1, -0.05) is 63.7 Å². The van der Waals surface area contributed by atoms with Crippen LogP contribution < -0.4 is 0 Å². The molecule has 2 rings (SSSR count). The third-order valence-corrected chi connectivity index (χ3v) is 12.7. The highest BCUT2D eigenvalue weighted by Gasteiger charge is 2.55. The fourth-order valence-electron chi connectivity index (χ4n) is 3.67. The molecule has 0 amide bonds. The largest absolute Gasteiger partial charge is 0.389 e. The minimum Gasteiger partial charge on any atom is -0.389 e. The maximum Gasteiger partial charge on any atom is 0.127 e. The molecule has 3 heteroatoms. The smallest absolute Gasteiger partial charge is 0.127 e. The van der Waals surface area contributed by atoms with E-state index in [9.17, 15) is 5.11 Å². The van der Waals surface area contributed by atoms with Gasteiger partial charge in [0.1, 0.15) is 8.07 Å². The van der Waals surface area contributed by atoms with Crippen molar-refractivity contribution in [1.29, 1.82) is 0 Å². The van der Waals surface area contributed by atoms with E-state index in [0.29, 0.717) is 12.8 Å². The zero-order valence-electron chi connectivity index (χ0n) is 16.1. The maximum atomic E-state index is 11.6. The SMILES string of the molecule is CC(C)(C)[Si@](C)(COCc1ccccc1)[C@@](C)(O)C1=CCCCC1. The van der Waals surface area contributed by atoms with E-state index >= 15 is 0 Å². The molecule has 0 unspecified atom stereocenters. The second kappa shape index (κ2) is 7.55. The van der Waals surface area contributed by atoms with Crippen LogP contribution in [0.3, 0.4) is 0 Å². The lowest BCUT2D eigenvalue weighted by atomic mass is 9.96. The number of hydrogen-bond acceptors (Lipinski definition) is 2. The van der Waals surface area contributed by atoms with Crippen molar-refractivity contribution in [3.63, 3.8) is 0 Å². The number of benzene rings is 1. The molecule has 1 aromatic rings. The van der Waals surface area contributed by atoms with Gasteiger partial charge in [-0.25, -0.2) is 0 Å². The molecule has 0 saturated carbocycles. The molecule has 0 aromatic heterocycles. The van der Waals surface area contributed by atoms with Crippen LogP contribution >= 0.6 is 0 Å². The summed E-state index contributed by atoms with van der Waals surface area (Å²) in [6.07, 6.45) is 7.54. The maximum absolute atomic E-state index is 11.6. The lowest BCUT2D eigenvalue weighted by Crippen LogP contribution is -2.64. The molecule has 0 spiro atoms. The van der Waals surface area contributed by atoms with Crippen molar-refractivity contribution >= 4 is 8.07 Å². The van der Waals surface area contributed by atoms with Gasteiger partial charge in [-0.05, 0) is 48.8 Å². The van der Waals surface area contributed by atoms with E-state index in [2.05, 4.69) is 45.5 Å². The zero-order valence-corrected chi connectivity index (χ0v) is 17.1. The van der Waals surface area contributed by atoms with E-state index in [-0.39, 0.29) is 5.04 Å². The summed E-state index contributed by atoms with van der Waals surface area (Å²) in [5.74, 6) is 0. The summed E-state index contributed by atoms with van der Waals surface area (Å²) in [7, 11) is -2.15. The van der Waals surface area contributed by atoms with Crippen LogP contribution in [0.2, 0.25) is 11.6 Å². The molecule has 0 radical (unpaired) electrons. The van der Waals surface area contributed by atoms with Crippen LogP contribution in [0.4, 0.5) is 0 Å². The Morgan fingerprint density at radius 2 is 1.75 bits per heavy atom. The van der Waals surface area contributed by atoms with Gasteiger partial charge in [-0.15, -0.1) is 0 Å². The summed E-state index contributed by atoms with van der Waals surface area (Å²) in [5.41, 5.74) is 2.44. The highest BCUT2D eigenvalue weighted by molar-refractivity contribution is 6.84. The van der Waals surface area contributed by atoms with E-state index in [4.69, 9.17) is 4.74 Å². The molecule has 134 valence electrons. The van der Waals surface area contributed by atoms with Crippen LogP contribution in [0.1, 0.15) is 58.9 Å². The molecule has 0 saturated heterocycles. The molecule has 1 aromatic carbocycles. The minimum atomic E-state index is -2.15. The first-order valence-electron chi connectivity index (χ1n) is 9.22. The van der Waals surface area contributed by atoms with E-state index < -0.39 is 13.3 Å². The second-order valence-electron chi connectivity index (χ2n) is 8.61. The van der Waals surface area contributed by atoms with Crippen LogP contribution in [-0.4, -0.2) is 24.6 Å². The molecule has 1 aliphatic carbocycles. The summed E-state index contributed by atoms with van der Waals surface area (Å²) in [4.78, 5) is 0. The highest BCUT2D eigenvalue weighted by Crippen LogP contribution is 2.47. The van der Waals surface area contributed by atoms with E-state index in [1.165, 1.54) is 24.0 Å². The molecular formula is C21H34O2Si. The summed E-state index contributed by atoms with van der Waals surface area (Å²) in [5, 5.41) is 10.9. The summed E-state index contributed by atoms with van der Waals surface area (Å²) in [6, 6.07) is 10.3. The Hall–Kier alpha value is -0.903. The van der Waals surface area contributed by atoms with Crippen LogP contribution in [0.15, 0.2) is 42.0 Å². The van der Waals surface area contributed by atoms with Gasteiger partial charge in [-0.2, -0.15) is 0 Å². The minimum absolute atomic E-state index is 0.0610. The Kier molecular flexibility index (Phi) is 6.11. The van der Waals surface area contributed by atoms with Gasteiger partial charge >= 0.3 is 0 Å². The van der Waals surface area contributed by atoms with Gasteiger partial charge in [0.25, 0.3) is 0 Å². The number of aliphatic hydroxyl groups is 1. The molecule has 0 heterocycles. The Morgan fingerprint density at radius 1 is 1.08 bits per heavy atom. The molecule has 1 N–H and O–H groups in total. The Labute approximate surface area is 148 Å². The summed E-state index contributed by atoms with van der Waals surface area (Å²) < 4.78 is 6.16. The fourth-order valence-corrected chi connectivity index (χ4v) is 7.29. The first kappa shape index (κ1) is 19.4. The van der Waals surface area contributed by atoms with Gasteiger partial charge in [0.05, 0.1) is 11.8 Å². The summed E-state index contributed by atoms with van der Waals surface area (Å²) in [6.45, 7) is 11.8. The predicted octanol–water partition coefficient (Wildman–Crippen LogP) is 5.41. The quantitative estimate of drug-likeness (QED) is 0.551. The van der Waals surface area contributed by atoms with Crippen LogP contribution in [0.25, 0.3) is 0 Å². The van der Waals surface area contributed by atoms with Crippen molar-refractivity contribution in [3.05, 3.63) is 47.5 Å². The highest BCUT2D eigenvalue weighted by atomic mass is 28.3. The van der Waals surface area contributed by atoms with E-state index in [1.54, 1.807) is 0 Å². The molecular weight excluding hydrogens is 312 g/mol. The first-order valence-corrected chi connectivity index (χ1v) is 11.9. The Balaban J connectivity index is 2.18. The van der Waals surface area contributed by atoms with Gasteiger partial charge in [-0.3, -0.25) is 0 Å². The van der Waals surface area contributed by atoms with Crippen molar-refractivity contribution in [2.45, 2.75) is 76.8 Å². The van der Waals surface area contributed by atoms with E-state index in [1.807, 2.05) is 25.1 Å². The van der Waals surface area contributed by atoms with Crippen LogP contribution in [0, 0.1) is 0 Å². The van der Waals surface area contributed by atoms with Gasteiger partial charge in [0.15, 0.2) is 0 Å². The van der Waals surface area contributed by atoms with Crippen molar-refractivity contribution in [3.8, 4) is 0 Å². The number of ether oxygens (including phenoxy) is 1. The van der Waals surface area contributed by atoms with Crippen molar-refractivity contribution in [2.24, 2.45) is 0 Å².